The van der Waals surface area contributed by atoms with Crippen molar-refractivity contribution in [3.05, 3.63) is 23.0 Å². The Balaban J connectivity index is 3.07. The van der Waals surface area contributed by atoms with Gasteiger partial charge in [0.1, 0.15) is 17.5 Å². The van der Waals surface area contributed by atoms with Gasteiger partial charge in [0.15, 0.2) is 5.65 Å². The quantitative estimate of drug-likeness (QED) is 0.535. The molecule has 60 valence electrons. The van der Waals surface area contributed by atoms with E-state index < -0.39 is 0 Å². The zero-order valence-corrected chi connectivity index (χ0v) is 5.98. The number of rotatable bonds is 0. The summed E-state index contributed by atoms with van der Waals surface area (Å²) >= 11 is 0. The van der Waals surface area contributed by atoms with E-state index in [9.17, 15) is 4.79 Å². The topological polar surface area (TPSA) is 97.5 Å². The molecule has 0 radical (unpaired) electrons. The van der Waals surface area contributed by atoms with E-state index in [4.69, 9.17) is 5.73 Å². The van der Waals surface area contributed by atoms with E-state index in [1.807, 2.05) is 0 Å². The van der Waals surface area contributed by atoms with Crippen LogP contribution in [0.15, 0.2) is 17.4 Å². The Hall–Kier alpha value is -1.98. The van der Waals surface area contributed by atoms with E-state index in [1.54, 1.807) is 0 Å². The number of nitrogens with one attached hydrogen (secondary N) is 1. The van der Waals surface area contributed by atoms with Crippen molar-refractivity contribution in [2.45, 2.75) is 0 Å². The van der Waals surface area contributed by atoms with Crippen LogP contribution < -0.4 is 11.3 Å². The molecule has 12 heavy (non-hydrogen) atoms. The number of anilines is 1. The van der Waals surface area contributed by atoms with Gasteiger partial charge in [-0.1, -0.05) is 0 Å². The van der Waals surface area contributed by atoms with Gasteiger partial charge in [-0.2, -0.15) is 0 Å². The molecule has 0 aliphatic heterocycles. The Morgan fingerprint density at radius 2 is 2.17 bits per heavy atom. The fraction of sp³-hybridized carbons (Fsp3) is 0. The average molecular weight is 163 g/mol. The molecule has 0 saturated heterocycles. The molecule has 2 rings (SSSR count). The van der Waals surface area contributed by atoms with Gasteiger partial charge in [-0.05, 0) is 0 Å². The van der Waals surface area contributed by atoms with Crippen LogP contribution in [0.3, 0.4) is 0 Å². The number of H-pyrrole nitrogens is 1. The molecule has 0 spiro atoms. The van der Waals surface area contributed by atoms with Crippen molar-refractivity contribution in [2.75, 3.05) is 5.73 Å². The lowest BCUT2D eigenvalue weighted by atomic mass is 10.4. The predicted molar refractivity (Wildman–Crippen MR) is 42.4 cm³/mol. The molecular weight excluding hydrogens is 158 g/mol. The number of fused-ring (bicyclic) bond motifs is 1. The molecule has 2 aromatic heterocycles. The summed E-state index contributed by atoms with van der Waals surface area (Å²) in [7, 11) is 0. The summed E-state index contributed by atoms with van der Waals surface area (Å²) in [5, 5.41) is 0.236. The molecule has 0 saturated carbocycles. The minimum absolute atomic E-state index is 0.148. The van der Waals surface area contributed by atoms with Gasteiger partial charge in [-0.3, -0.25) is 4.79 Å². The minimum Gasteiger partial charge on any atom is -0.383 e. The average Bonchev–Trinajstić information content (AvgIpc) is 2.04. The van der Waals surface area contributed by atoms with Crippen LogP contribution in [0.4, 0.5) is 5.82 Å². The molecule has 0 bridgehead atoms. The maximum absolute atomic E-state index is 11.1. The lowest BCUT2D eigenvalue weighted by Gasteiger charge is -1.95. The lowest BCUT2D eigenvalue weighted by molar-refractivity contribution is 1.11. The van der Waals surface area contributed by atoms with Gasteiger partial charge < -0.3 is 10.7 Å². The zero-order valence-electron chi connectivity index (χ0n) is 5.98. The van der Waals surface area contributed by atoms with E-state index in [2.05, 4.69) is 19.9 Å². The molecule has 0 amide bonds. The maximum atomic E-state index is 11.1. The smallest absolute Gasteiger partial charge is 0.263 e. The van der Waals surface area contributed by atoms with Crippen LogP contribution in [0.1, 0.15) is 0 Å². The molecule has 0 atom stereocenters. The summed E-state index contributed by atoms with van der Waals surface area (Å²) in [4.78, 5) is 24.8. The Morgan fingerprint density at radius 1 is 1.33 bits per heavy atom. The van der Waals surface area contributed by atoms with Crippen molar-refractivity contribution in [3.63, 3.8) is 0 Å². The third kappa shape index (κ3) is 0.815. The van der Waals surface area contributed by atoms with Crippen molar-refractivity contribution in [1.82, 2.24) is 19.9 Å². The number of aromatic nitrogens is 4. The van der Waals surface area contributed by atoms with Crippen LogP contribution in [0.25, 0.3) is 11.0 Å². The molecule has 2 aromatic rings. The zero-order chi connectivity index (χ0) is 8.55. The monoisotopic (exact) mass is 163 g/mol. The minimum atomic E-state index is -0.321. The largest absolute Gasteiger partial charge is 0.383 e. The van der Waals surface area contributed by atoms with Crippen molar-refractivity contribution in [2.24, 2.45) is 0 Å². The van der Waals surface area contributed by atoms with Gasteiger partial charge in [-0.15, -0.1) is 0 Å². The number of nitrogens with zero attached hydrogens (tertiary/aromatic N) is 3. The van der Waals surface area contributed by atoms with Gasteiger partial charge >= 0.3 is 0 Å². The number of hydrogen-bond donors (Lipinski definition) is 2. The number of hydrogen-bond acceptors (Lipinski definition) is 5. The first-order valence-corrected chi connectivity index (χ1v) is 3.23. The molecule has 0 unspecified atom stereocenters. The number of nitrogen functional groups attached to an aromatic ring is 1. The third-order valence-electron chi connectivity index (χ3n) is 1.47. The van der Waals surface area contributed by atoms with Gasteiger partial charge in [0.2, 0.25) is 0 Å². The van der Waals surface area contributed by atoms with E-state index in [1.165, 1.54) is 12.7 Å². The van der Waals surface area contributed by atoms with E-state index >= 15 is 0 Å². The second-order valence-corrected chi connectivity index (χ2v) is 2.19. The predicted octanol–water partition coefficient (Wildman–Crippen LogP) is -0.705. The van der Waals surface area contributed by atoms with Crippen molar-refractivity contribution >= 4 is 16.9 Å². The van der Waals surface area contributed by atoms with Crippen LogP contribution in [-0.4, -0.2) is 19.9 Å². The fourth-order valence-corrected chi connectivity index (χ4v) is 0.929. The highest BCUT2D eigenvalue weighted by atomic mass is 16.1. The van der Waals surface area contributed by atoms with Crippen LogP contribution in [0.5, 0.6) is 0 Å². The molecule has 0 aromatic carbocycles. The van der Waals surface area contributed by atoms with Gasteiger partial charge in [0.25, 0.3) is 5.56 Å². The van der Waals surface area contributed by atoms with Gasteiger partial charge in [-0.25, -0.2) is 15.0 Å². The van der Waals surface area contributed by atoms with Crippen LogP contribution in [0, 0.1) is 0 Å². The van der Waals surface area contributed by atoms with E-state index in [-0.39, 0.29) is 16.8 Å². The van der Waals surface area contributed by atoms with Crippen LogP contribution in [-0.2, 0) is 0 Å². The molecule has 3 N–H and O–H groups in total. The third-order valence-corrected chi connectivity index (χ3v) is 1.47. The standard InChI is InChI=1S/C6H5N5O/c7-4-3-5(9-1-8-4)10-2-11-6(3)12/h1-2H,(H3,7,8,9,10,11,12). The summed E-state index contributed by atoms with van der Waals surface area (Å²) in [6.07, 6.45) is 2.54. The Kier molecular flexibility index (Phi) is 1.26. The second-order valence-electron chi connectivity index (χ2n) is 2.19. The van der Waals surface area contributed by atoms with Crippen LogP contribution in [0.2, 0.25) is 0 Å². The SMILES string of the molecule is Nc1ncnc2nc[nH]c(=O)c12. The normalized spacial score (nSPS) is 10.3. The molecule has 0 aliphatic carbocycles. The summed E-state index contributed by atoms with van der Waals surface area (Å²) < 4.78 is 0. The highest BCUT2D eigenvalue weighted by molar-refractivity contribution is 5.83. The van der Waals surface area contributed by atoms with E-state index in [0.29, 0.717) is 5.65 Å². The highest BCUT2D eigenvalue weighted by Gasteiger charge is 2.03. The van der Waals surface area contributed by atoms with Crippen molar-refractivity contribution in [1.29, 1.82) is 0 Å². The summed E-state index contributed by atoms with van der Waals surface area (Å²) in [5.41, 5.74) is 5.44. The van der Waals surface area contributed by atoms with Crippen molar-refractivity contribution in [3.8, 4) is 0 Å². The molecule has 2 heterocycles. The number of aromatic amines is 1. The molecule has 6 nitrogen and oxygen atoms in total. The van der Waals surface area contributed by atoms with Crippen molar-refractivity contribution < 1.29 is 0 Å². The number of nitrogens with two attached hydrogens (primary N) is 1. The molecule has 0 aliphatic rings. The molecular formula is C6H5N5O. The molecule has 0 fully saturated rings. The summed E-state index contributed by atoms with van der Waals surface area (Å²) in [6.45, 7) is 0. The Morgan fingerprint density at radius 3 is 2.92 bits per heavy atom. The first-order valence-electron chi connectivity index (χ1n) is 3.23. The van der Waals surface area contributed by atoms with Crippen LogP contribution >= 0.6 is 0 Å². The Bertz CT molecular complexity index is 471. The van der Waals surface area contributed by atoms with E-state index in [0.717, 1.165) is 0 Å². The first kappa shape index (κ1) is 6.71. The first-order chi connectivity index (χ1) is 5.79. The summed E-state index contributed by atoms with van der Waals surface area (Å²) in [5.74, 6) is 0.148. The summed E-state index contributed by atoms with van der Waals surface area (Å²) in [6, 6.07) is 0. The highest BCUT2D eigenvalue weighted by Crippen LogP contribution is 2.06. The van der Waals surface area contributed by atoms with Gasteiger partial charge in [0, 0.05) is 0 Å². The lowest BCUT2D eigenvalue weighted by Crippen LogP contribution is -2.10. The Labute approximate surface area is 66.5 Å². The van der Waals surface area contributed by atoms with Gasteiger partial charge in [0.05, 0.1) is 6.33 Å². The maximum Gasteiger partial charge on any atom is 0.263 e. The fourth-order valence-electron chi connectivity index (χ4n) is 0.929. The second kappa shape index (κ2) is 2.26. The molecule has 6 heteroatoms.